The summed E-state index contributed by atoms with van der Waals surface area (Å²) in [4.78, 5) is 14.0. The van der Waals surface area contributed by atoms with Crippen molar-refractivity contribution < 1.29 is 14.3 Å². The van der Waals surface area contributed by atoms with Crippen molar-refractivity contribution in [1.29, 1.82) is 0 Å². The fourth-order valence-corrected chi connectivity index (χ4v) is 2.18. The number of hydrogen-bond acceptors (Lipinski definition) is 4. The minimum absolute atomic E-state index is 0.0579. The lowest BCUT2D eigenvalue weighted by molar-refractivity contribution is -0.141. The van der Waals surface area contributed by atoms with Gasteiger partial charge >= 0.3 is 0 Å². The van der Waals surface area contributed by atoms with Gasteiger partial charge in [-0.05, 0) is 25.7 Å². The fraction of sp³-hybridized carbons (Fsp3) is 0.923. The molecular formula is C13H24N2O3. The minimum Gasteiger partial charge on any atom is -0.379 e. The first-order chi connectivity index (χ1) is 8.54. The van der Waals surface area contributed by atoms with Crippen LogP contribution in [0, 0.1) is 11.3 Å². The van der Waals surface area contributed by atoms with Crippen LogP contribution in [0.25, 0.3) is 0 Å². The third-order valence-corrected chi connectivity index (χ3v) is 3.97. The lowest BCUT2D eigenvalue weighted by Gasteiger charge is -2.30. The molecule has 1 saturated heterocycles. The number of rotatable bonds is 6. The van der Waals surface area contributed by atoms with Crippen LogP contribution in [0.1, 0.15) is 19.8 Å². The molecule has 1 amide bonds. The van der Waals surface area contributed by atoms with Gasteiger partial charge in [0.2, 0.25) is 5.91 Å². The van der Waals surface area contributed by atoms with Crippen LogP contribution in [-0.2, 0) is 14.3 Å². The normalized spacial score (nSPS) is 31.6. The van der Waals surface area contributed by atoms with Crippen LogP contribution >= 0.6 is 0 Å². The SMILES string of the molecule is CN(CCOCC1CC1)C(=O)C1(C)COCC1N. The lowest BCUT2D eigenvalue weighted by Crippen LogP contribution is -2.51. The molecule has 2 N–H and O–H groups in total. The molecule has 0 aromatic carbocycles. The Labute approximate surface area is 109 Å². The van der Waals surface area contributed by atoms with Gasteiger partial charge in [0.15, 0.2) is 0 Å². The van der Waals surface area contributed by atoms with Crippen LogP contribution in [0.2, 0.25) is 0 Å². The van der Waals surface area contributed by atoms with Gasteiger partial charge in [-0.1, -0.05) is 0 Å². The summed E-state index contributed by atoms with van der Waals surface area (Å²) in [6.45, 7) is 4.82. The van der Waals surface area contributed by atoms with E-state index < -0.39 is 5.41 Å². The molecule has 18 heavy (non-hydrogen) atoms. The Morgan fingerprint density at radius 3 is 2.83 bits per heavy atom. The zero-order valence-corrected chi connectivity index (χ0v) is 11.4. The molecule has 0 aromatic rings. The highest BCUT2D eigenvalue weighted by atomic mass is 16.5. The Balaban J connectivity index is 1.73. The maximum Gasteiger partial charge on any atom is 0.232 e. The van der Waals surface area contributed by atoms with E-state index in [1.165, 1.54) is 12.8 Å². The van der Waals surface area contributed by atoms with Crippen molar-refractivity contribution in [2.75, 3.05) is 40.0 Å². The van der Waals surface area contributed by atoms with Gasteiger partial charge in [-0.15, -0.1) is 0 Å². The Morgan fingerprint density at radius 1 is 1.56 bits per heavy atom. The molecule has 0 aromatic heterocycles. The van der Waals surface area contributed by atoms with Crippen LogP contribution in [0.15, 0.2) is 0 Å². The second kappa shape index (κ2) is 5.55. The van der Waals surface area contributed by atoms with Gasteiger partial charge in [-0.3, -0.25) is 4.79 Å². The number of carbonyl (C=O) groups excluding carboxylic acids is 1. The molecule has 104 valence electrons. The standard InChI is InChI=1S/C13H24N2O3/c1-13(9-18-8-11(13)14)12(16)15(2)5-6-17-7-10-3-4-10/h10-11H,3-9,14H2,1-2H3. The Morgan fingerprint density at radius 2 is 2.28 bits per heavy atom. The number of nitrogens with two attached hydrogens (primary N) is 1. The molecule has 2 atom stereocenters. The summed E-state index contributed by atoms with van der Waals surface area (Å²) < 4.78 is 10.8. The van der Waals surface area contributed by atoms with Crippen molar-refractivity contribution in [2.45, 2.75) is 25.8 Å². The molecule has 0 bridgehead atoms. The van der Waals surface area contributed by atoms with Crippen molar-refractivity contribution >= 4 is 5.91 Å². The number of amides is 1. The van der Waals surface area contributed by atoms with E-state index in [0.717, 1.165) is 12.5 Å². The first-order valence-corrected chi connectivity index (χ1v) is 6.70. The van der Waals surface area contributed by atoms with Gasteiger partial charge in [-0.25, -0.2) is 0 Å². The van der Waals surface area contributed by atoms with Gasteiger partial charge in [-0.2, -0.15) is 0 Å². The van der Waals surface area contributed by atoms with Crippen LogP contribution in [0.5, 0.6) is 0 Å². The van der Waals surface area contributed by atoms with Gasteiger partial charge in [0.1, 0.15) is 0 Å². The maximum absolute atomic E-state index is 12.3. The van der Waals surface area contributed by atoms with Crippen LogP contribution in [0.4, 0.5) is 0 Å². The number of nitrogens with zero attached hydrogens (tertiary/aromatic N) is 1. The van der Waals surface area contributed by atoms with Gasteiger partial charge in [0.05, 0.1) is 25.2 Å². The first-order valence-electron chi connectivity index (χ1n) is 6.70. The smallest absolute Gasteiger partial charge is 0.232 e. The van der Waals surface area contributed by atoms with E-state index >= 15 is 0 Å². The van der Waals surface area contributed by atoms with Gasteiger partial charge < -0.3 is 20.1 Å². The third-order valence-electron chi connectivity index (χ3n) is 3.97. The van der Waals surface area contributed by atoms with E-state index in [4.69, 9.17) is 15.2 Å². The minimum atomic E-state index is -0.578. The molecule has 0 spiro atoms. The quantitative estimate of drug-likeness (QED) is 0.691. The van der Waals surface area contributed by atoms with Crippen molar-refractivity contribution in [3.63, 3.8) is 0 Å². The highest BCUT2D eigenvalue weighted by molar-refractivity contribution is 5.83. The second-order valence-corrected chi connectivity index (χ2v) is 5.78. The number of ether oxygens (including phenoxy) is 2. The maximum atomic E-state index is 12.3. The zero-order chi connectivity index (χ0) is 13.2. The summed E-state index contributed by atoms with van der Waals surface area (Å²) in [7, 11) is 1.80. The summed E-state index contributed by atoms with van der Waals surface area (Å²) in [5.41, 5.74) is 5.37. The summed E-state index contributed by atoms with van der Waals surface area (Å²) >= 11 is 0. The molecule has 5 heteroatoms. The summed E-state index contributed by atoms with van der Waals surface area (Å²) in [6, 6.07) is -0.208. The van der Waals surface area contributed by atoms with Gasteiger partial charge in [0, 0.05) is 26.2 Å². The molecule has 1 heterocycles. The van der Waals surface area contributed by atoms with Crippen LogP contribution in [-0.4, -0.2) is 56.9 Å². The molecule has 2 unspecified atom stereocenters. The molecular weight excluding hydrogens is 232 g/mol. The molecule has 0 radical (unpaired) electrons. The lowest BCUT2D eigenvalue weighted by atomic mass is 9.84. The number of hydrogen-bond donors (Lipinski definition) is 1. The second-order valence-electron chi connectivity index (χ2n) is 5.78. The molecule has 2 fully saturated rings. The molecule has 2 rings (SSSR count). The van der Waals surface area contributed by atoms with E-state index in [9.17, 15) is 4.79 Å². The molecule has 1 aliphatic heterocycles. The fourth-order valence-electron chi connectivity index (χ4n) is 2.18. The van der Waals surface area contributed by atoms with Crippen molar-refractivity contribution in [3.8, 4) is 0 Å². The Hall–Kier alpha value is -0.650. The first kappa shape index (κ1) is 13.8. The van der Waals surface area contributed by atoms with E-state index in [2.05, 4.69) is 0 Å². The average Bonchev–Trinajstić information content (AvgIpc) is 3.11. The van der Waals surface area contributed by atoms with Crippen molar-refractivity contribution in [1.82, 2.24) is 4.90 Å². The van der Waals surface area contributed by atoms with Crippen molar-refractivity contribution in [2.24, 2.45) is 17.1 Å². The highest BCUT2D eigenvalue weighted by Crippen LogP contribution is 2.29. The van der Waals surface area contributed by atoms with E-state index in [1.54, 1.807) is 11.9 Å². The molecule has 1 aliphatic carbocycles. The van der Waals surface area contributed by atoms with Gasteiger partial charge in [0.25, 0.3) is 0 Å². The predicted molar refractivity (Wildman–Crippen MR) is 68.1 cm³/mol. The predicted octanol–water partition coefficient (Wildman–Crippen LogP) is 0.235. The van der Waals surface area contributed by atoms with E-state index in [0.29, 0.717) is 26.4 Å². The number of likely N-dealkylation sites (N-methyl/N-ethyl adjacent to an activating group) is 1. The summed E-state index contributed by atoms with van der Waals surface area (Å²) in [5, 5.41) is 0. The average molecular weight is 256 g/mol. The Bertz CT molecular complexity index is 307. The summed E-state index contributed by atoms with van der Waals surface area (Å²) in [6.07, 6.45) is 2.58. The van der Waals surface area contributed by atoms with Crippen LogP contribution in [0.3, 0.4) is 0 Å². The number of carbonyl (C=O) groups is 1. The molecule has 2 aliphatic rings. The largest absolute Gasteiger partial charge is 0.379 e. The van der Waals surface area contributed by atoms with E-state index in [1.807, 2.05) is 6.92 Å². The highest BCUT2D eigenvalue weighted by Gasteiger charge is 2.45. The third kappa shape index (κ3) is 3.02. The van der Waals surface area contributed by atoms with Crippen molar-refractivity contribution in [3.05, 3.63) is 0 Å². The molecule has 5 nitrogen and oxygen atoms in total. The monoisotopic (exact) mass is 256 g/mol. The van der Waals surface area contributed by atoms with E-state index in [-0.39, 0.29) is 11.9 Å². The summed E-state index contributed by atoms with van der Waals surface area (Å²) in [5.74, 6) is 0.822. The van der Waals surface area contributed by atoms with Crippen LogP contribution < -0.4 is 5.73 Å². The molecule has 1 saturated carbocycles. The zero-order valence-electron chi connectivity index (χ0n) is 11.4. The Kier molecular flexibility index (Phi) is 4.25. The topological polar surface area (TPSA) is 64.8 Å².